The lowest BCUT2D eigenvalue weighted by Gasteiger charge is -2.30. The van der Waals surface area contributed by atoms with Crippen molar-refractivity contribution in [1.82, 2.24) is 0 Å². The van der Waals surface area contributed by atoms with Crippen LogP contribution >= 0.6 is 11.6 Å². The van der Waals surface area contributed by atoms with Gasteiger partial charge in [-0.1, -0.05) is 17.7 Å². The number of aliphatic hydroxyl groups is 1. The Balaban J connectivity index is 1.55. The molecule has 0 aromatic heterocycles. The lowest BCUT2D eigenvalue weighted by atomic mass is 9.86. The summed E-state index contributed by atoms with van der Waals surface area (Å²) >= 11 is 5.95. The molecular weight excluding hydrogens is 423 g/mol. The molecular formula is C24H34ClFO5. The van der Waals surface area contributed by atoms with Crippen LogP contribution in [0.2, 0.25) is 5.02 Å². The molecule has 174 valence electrons. The molecule has 2 fully saturated rings. The largest absolute Gasteiger partial charge is 0.505 e. The van der Waals surface area contributed by atoms with E-state index in [-0.39, 0.29) is 30.8 Å². The lowest BCUT2D eigenvalue weighted by Crippen LogP contribution is -2.32. The number of hydrogen-bond acceptors (Lipinski definition) is 5. The van der Waals surface area contributed by atoms with Gasteiger partial charge in [0.15, 0.2) is 6.29 Å². The van der Waals surface area contributed by atoms with E-state index in [9.17, 15) is 9.50 Å². The molecule has 0 amide bonds. The second kappa shape index (κ2) is 12.6. The zero-order chi connectivity index (χ0) is 22.1. The fourth-order valence-electron chi connectivity index (χ4n) is 4.56. The monoisotopic (exact) mass is 456 g/mol. The van der Waals surface area contributed by atoms with Gasteiger partial charge in [-0.15, -0.1) is 0 Å². The molecule has 0 bridgehead atoms. The molecule has 7 heteroatoms. The maximum atomic E-state index is 14.6. The Morgan fingerprint density at radius 3 is 2.94 bits per heavy atom. The summed E-state index contributed by atoms with van der Waals surface area (Å²) in [7, 11) is 1.60. The predicted molar refractivity (Wildman–Crippen MR) is 118 cm³/mol. The minimum absolute atomic E-state index is 0.000962. The number of allylic oxidation sites excluding steroid dienone is 1. The van der Waals surface area contributed by atoms with E-state index < -0.39 is 12.3 Å². The summed E-state index contributed by atoms with van der Waals surface area (Å²) in [5.41, 5.74) is 0. The smallest absolute Gasteiger partial charge is 0.157 e. The van der Waals surface area contributed by atoms with Crippen molar-refractivity contribution in [3.8, 4) is 5.75 Å². The molecule has 0 radical (unpaired) electrons. The standard InChI is InChI=1S/C24H34ClFO5/c1-28-12-5-8-20-21(23(15-22(20)27)31-24-9-2-3-13-29-24)11-10-18(26)16-30-19-7-4-6-17(25)14-19/h4-7,12,14,18,20-24,27H,2-3,8-11,13,15-16H2,1H3/b12-5-/t18-,20-,21-,22+,23-,24?/m1/s1. The van der Waals surface area contributed by atoms with Crippen molar-refractivity contribution in [3.05, 3.63) is 41.6 Å². The van der Waals surface area contributed by atoms with Gasteiger partial charge in [-0.3, -0.25) is 0 Å². The normalized spacial score (nSPS) is 29.9. The number of benzene rings is 1. The fraction of sp³-hybridized carbons (Fsp3) is 0.667. The molecule has 1 aromatic carbocycles. The van der Waals surface area contributed by atoms with Crippen LogP contribution in [0.15, 0.2) is 36.6 Å². The summed E-state index contributed by atoms with van der Waals surface area (Å²) < 4.78 is 37.2. The van der Waals surface area contributed by atoms with Crippen molar-refractivity contribution in [2.24, 2.45) is 11.8 Å². The number of halogens is 2. The van der Waals surface area contributed by atoms with Gasteiger partial charge in [-0.25, -0.2) is 4.39 Å². The molecule has 2 aliphatic rings. The molecule has 6 atom stereocenters. The second-order valence-corrected chi connectivity index (χ2v) is 8.82. The number of rotatable bonds is 11. The van der Waals surface area contributed by atoms with Crippen LogP contribution in [0.4, 0.5) is 4.39 Å². The Hall–Kier alpha value is -1.34. The number of aliphatic hydroxyl groups excluding tert-OH is 1. The van der Waals surface area contributed by atoms with Crippen molar-refractivity contribution in [1.29, 1.82) is 0 Å². The van der Waals surface area contributed by atoms with Gasteiger partial charge in [-0.05, 0) is 74.6 Å². The zero-order valence-corrected chi connectivity index (χ0v) is 18.9. The van der Waals surface area contributed by atoms with Gasteiger partial charge in [0.05, 0.1) is 25.6 Å². The van der Waals surface area contributed by atoms with Crippen LogP contribution in [-0.4, -0.2) is 50.1 Å². The maximum Gasteiger partial charge on any atom is 0.157 e. The summed E-state index contributed by atoms with van der Waals surface area (Å²) in [4.78, 5) is 0. The van der Waals surface area contributed by atoms with Gasteiger partial charge in [-0.2, -0.15) is 0 Å². The van der Waals surface area contributed by atoms with Gasteiger partial charge < -0.3 is 24.1 Å². The Morgan fingerprint density at radius 1 is 1.32 bits per heavy atom. The Labute approximate surface area is 189 Å². The van der Waals surface area contributed by atoms with E-state index >= 15 is 0 Å². The first kappa shape index (κ1) is 24.3. The van der Waals surface area contributed by atoms with E-state index in [0.717, 1.165) is 19.3 Å². The summed E-state index contributed by atoms with van der Waals surface area (Å²) in [5.74, 6) is 0.608. The van der Waals surface area contributed by atoms with Crippen molar-refractivity contribution in [2.45, 2.75) is 69.6 Å². The van der Waals surface area contributed by atoms with Crippen molar-refractivity contribution in [2.75, 3.05) is 20.3 Å². The van der Waals surface area contributed by atoms with Crippen molar-refractivity contribution < 1.29 is 28.4 Å². The third-order valence-electron chi connectivity index (χ3n) is 6.14. The molecule has 1 saturated carbocycles. The molecule has 31 heavy (non-hydrogen) atoms. The Morgan fingerprint density at radius 2 is 2.19 bits per heavy atom. The second-order valence-electron chi connectivity index (χ2n) is 8.39. The third-order valence-corrected chi connectivity index (χ3v) is 6.38. The van der Waals surface area contributed by atoms with Gasteiger partial charge in [0.25, 0.3) is 0 Å². The number of alkyl halides is 1. The molecule has 5 nitrogen and oxygen atoms in total. The molecule has 0 spiro atoms. The highest BCUT2D eigenvalue weighted by Crippen LogP contribution is 2.41. The maximum absolute atomic E-state index is 14.6. The minimum atomic E-state index is -1.11. The molecule has 1 unspecified atom stereocenters. The average molecular weight is 457 g/mol. The summed E-state index contributed by atoms with van der Waals surface area (Å²) in [5, 5.41) is 11.2. The average Bonchev–Trinajstić information content (AvgIpc) is 3.05. The summed E-state index contributed by atoms with van der Waals surface area (Å²) in [6.45, 7) is 0.680. The number of methoxy groups -OCH3 is 1. The van der Waals surface area contributed by atoms with Crippen molar-refractivity contribution >= 4 is 11.6 Å². The van der Waals surface area contributed by atoms with Gasteiger partial charge in [0.1, 0.15) is 18.5 Å². The SMILES string of the molecule is CO/C=C\C[C@@H]1[C@@H](CC[C@@H](F)COc2cccc(Cl)c2)[C@H](OC2CCCCO2)C[C@@H]1O. The predicted octanol–water partition coefficient (Wildman–Crippen LogP) is 5.30. The molecule has 3 rings (SSSR count). The highest BCUT2D eigenvalue weighted by Gasteiger charge is 2.43. The van der Waals surface area contributed by atoms with Crippen LogP contribution in [0.1, 0.15) is 44.9 Å². The minimum Gasteiger partial charge on any atom is -0.505 e. The van der Waals surface area contributed by atoms with Crippen LogP contribution < -0.4 is 4.74 Å². The van der Waals surface area contributed by atoms with E-state index in [0.29, 0.717) is 43.1 Å². The molecule has 1 aromatic rings. The molecule has 1 aliphatic carbocycles. The first-order valence-electron chi connectivity index (χ1n) is 11.2. The Kier molecular flexibility index (Phi) is 9.91. The number of hydrogen-bond donors (Lipinski definition) is 1. The first-order chi connectivity index (χ1) is 15.1. The van der Waals surface area contributed by atoms with E-state index in [1.54, 1.807) is 37.6 Å². The van der Waals surface area contributed by atoms with E-state index in [4.69, 9.17) is 30.5 Å². The van der Waals surface area contributed by atoms with Crippen LogP contribution in [-0.2, 0) is 14.2 Å². The molecule has 1 aliphatic heterocycles. The first-order valence-corrected chi connectivity index (χ1v) is 11.6. The number of ether oxygens (including phenoxy) is 4. The van der Waals surface area contributed by atoms with E-state index in [1.165, 1.54) is 0 Å². The quantitative estimate of drug-likeness (QED) is 0.458. The molecule has 1 heterocycles. The zero-order valence-electron chi connectivity index (χ0n) is 18.1. The lowest BCUT2D eigenvalue weighted by molar-refractivity contribution is -0.196. The van der Waals surface area contributed by atoms with Crippen LogP contribution in [0.3, 0.4) is 0 Å². The Bertz CT molecular complexity index is 682. The van der Waals surface area contributed by atoms with Gasteiger partial charge >= 0.3 is 0 Å². The van der Waals surface area contributed by atoms with Crippen LogP contribution in [0, 0.1) is 11.8 Å². The summed E-state index contributed by atoms with van der Waals surface area (Å²) in [6.07, 6.45) is 6.74. The molecule has 1 saturated heterocycles. The topological polar surface area (TPSA) is 57.2 Å². The van der Waals surface area contributed by atoms with Crippen LogP contribution in [0.25, 0.3) is 0 Å². The fourth-order valence-corrected chi connectivity index (χ4v) is 4.74. The highest BCUT2D eigenvalue weighted by molar-refractivity contribution is 6.30. The highest BCUT2D eigenvalue weighted by atomic mass is 35.5. The summed E-state index contributed by atoms with van der Waals surface area (Å²) in [6, 6.07) is 6.96. The van der Waals surface area contributed by atoms with Gasteiger partial charge in [0, 0.05) is 18.1 Å². The van der Waals surface area contributed by atoms with E-state index in [2.05, 4.69) is 0 Å². The van der Waals surface area contributed by atoms with E-state index in [1.807, 2.05) is 6.08 Å². The third kappa shape index (κ3) is 7.63. The van der Waals surface area contributed by atoms with Gasteiger partial charge in [0.2, 0.25) is 0 Å². The molecule has 1 N–H and O–H groups in total. The van der Waals surface area contributed by atoms with Crippen molar-refractivity contribution in [3.63, 3.8) is 0 Å². The van der Waals surface area contributed by atoms with Crippen LogP contribution in [0.5, 0.6) is 5.75 Å².